The van der Waals surface area contributed by atoms with Crippen molar-refractivity contribution in [2.45, 2.75) is 18.1 Å². The van der Waals surface area contributed by atoms with Gasteiger partial charge < -0.3 is 14.8 Å². The Morgan fingerprint density at radius 3 is 1.95 bits per heavy atom. The molecule has 2 aliphatic rings. The SMILES string of the molecule is COC(=O)C1=C(C(=O)OC)N2C(=O)[C@@H](NC(=O)c3ccccc3)[C@H](c3ccccc3)N2[C@@H]1c1c(Cl)cccc1Cl. The quantitative estimate of drug-likeness (QED) is 0.435. The maximum Gasteiger partial charge on any atom is 0.356 e. The largest absolute Gasteiger partial charge is 0.466 e. The van der Waals surface area contributed by atoms with Gasteiger partial charge in [-0.3, -0.25) is 9.59 Å². The van der Waals surface area contributed by atoms with Crippen LogP contribution in [-0.2, 0) is 23.9 Å². The highest BCUT2D eigenvalue weighted by molar-refractivity contribution is 6.36. The Morgan fingerprint density at radius 2 is 1.38 bits per heavy atom. The standard InChI is InChI=1S/C29H23Cl2N3O6/c1-39-28(37)21-24(20-18(30)14-9-15-19(20)31)33-23(16-10-5-3-6-11-16)22(27(36)34(33)25(21)29(38)40-2)32-26(35)17-12-7-4-8-13-17/h3-15,22-24H,1-2H3,(H,32,35)/t22-,23-,24+/m0/s1. The van der Waals surface area contributed by atoms with Gasteiger partial charge in [0.25, 0.3) is 11.8 Å². The second-order valence-corrected chi connectivity index (χ2v) is 9.80. The van der Waals surface area contributed by atoms with Crippen molar-refractivity contribution in [3.63, 3.8) is 0 Å². The number of benzene rings is 3. The molecule has 204 valence electrons. The molecule has 3 aromatic rings. The number of ether oxygens (including phenoxy) is 2. The number of methoxy groups -OCH3 is 2. The highest BCUT2D eigenvalue weighted by Gasteiger charge is 2.61. The molecule has 0 spiro atoms. The van der Waals surface area contributed by atoms with Crippen LogP contribution in [0.4, 0.5) is 0 Å². The molecule has 2 amide bonds. The van der Waals surface area contributed by atoms with Crippen LogP contribution >= 0.6 is 23.2 Å². The van der Waals surface area contributed by atoms with E-state index in [1.165, 1.54) is 5.01 Å². The second-order valence-electron chi connectivity index (χ2n) is 8.99. The Labute approximate surface area is 239 Å². The van der Waals surface area contributed by atoms with Gasteiger partial charge >= 0.3 is 11.9 Å². The Hall–Kier alpha value is -4.18. The molecule has 1 N–H and O–H groups in total. The van der Waals surface area contributed by atoms with Crippen LogP contribution in [-0.4, -0.2) is 54.0 Å². The maximum absolute atomic E-state index is 14.2. The Balaban J connectivity index is 1.76. The number of carbonyl (C=O) groups is 4. The molecule has 0 aliphatic carbocycles. The monoisotopic (exact) mass is 579 g/mol. The zero-order chi connectivity index (χ0) is 28.6. The maximum atomic E-state index is 14.2. The fourth-order valence-corrected chi connectivity index (χ4v) is 5.75. The van der Waals surface area contributed by atoms with Gasteiger partial charge in [-0.2, -0.15) is 5.01 Å². The Kier molecular flexibility index (Phi) is 7.62. The van der Waals surface area contributed by atoms with E-state index < -0.39 is 41.9 Å². The van der Waals surface area contributed by atoms with Crippen LogP contribution in [0, 0.1) is 0 Å². The molecule has 0 saturated carbocycles. The van der Waals surface area contributed by atoms with E-state index in [0.717, 1.165) is 19.2 Å². The van der Waals surface area contributed by atoms with E-state index in [2.05, 4.69) is 5.32 Å². The minimum Gasteiger partial charge on any atom is -0.466 e. The molecule has 2 aliphatic heterocycles. The van der Waals surface area contributed by atoms with Gasteiger partial charge in [0.15, 0.2) is 5.70 Å². The first-order valence-electron chi connectivity index (χ1n) is 12.2. The molecule has 0 bridgehead atoms. The van der Waals surface area contributed by atoms with E-state index in [-0.39, 0.29) is 26.9 Å². The normalized spacial score (nSPS) is 20.4. The minimum absolute atomic E-state index is 0.175. The van der Waals surface area contributed by atoms with Gasteiger partial charge in [0, 0.05) is 21.2 Å². The molecule has 1 fully saturated rings. The predicted octanol–water partition coefficient (Wildman–Crippen LogP) is 4.25. The number of hydrazine groups is 1. The average Bonchev–Trinajstić information content (AvgIpc) is 3.45. The third kappa shape index (κ3) is 4.52. The Bertz CT molecular complexity index is 1510. The lowest BCUT2D eigenvalue weighted by molar-refractivity contribution is -0.146. The number of hydrogen-bond donors (Lipinski definition) is 1. The topological polar surface area (TPSA) is 105 Å². The first kappa shape index (κ1) is 27.4. The van der Waals surface area contributed by atoms with Crippen LogP contribution in [0.15, 0.2) is 90.1 Å². The molecule has 5 rings (SSSR count). The number of esters is 2. The van der Waals surface area contributed by atoms with Crippen LogP contribution in [0.2, 0.25) is 10.0 Å². The number of halogens is 2. The fourth-order valence-electron chi connectivity index (χ4n) is 5.15. The van der Waals surface area contributed by atoms with Gasteiger partial charge in [-0.1, -0.05) is 77.8 Å². The summed E-state index contributed by atoms with van der Waals surface area (Å²) < 4.78 is 10.1. The van der Waals surface area contributed by atoms with E-state index in [1.807, 2.05) is 0 Å². The fraction of sp³-hybridized carbons (Fsp3) is 0.172. The molecular formula is C29H23Cl2N3O6. The smallest absolute Gasteiger partial charge is 0.356 e. The van der Waals surface area contributed by atoms with E-state index in [9.17, 15) is 19.2 Å². The number of carbonyl (C=O) groups excluding carboxylic acids is 4. The summed E-state index contributed by atoms with van der Waals surface area (Å²) >= 11 is 13.3. The van der Waals surface area contributed by atoms with E-state index >= 15 is 0 Å². The molecule has 2 heterocycles. The summed E-state index contributed by atoms with van der Waals surface area (Å²) in [6.07, 6.45) is 0. The van der Waals surface area contributed by atoms with Crippen molar-refractivity contribution in [3.05, 3.63) is 117 Å². The third-order valence-corrected chi connectivity index (χ3v) is 7.49. The molecular weight excluding hydrogens is 557 g/mol. The number of rotatable bonds is 6. The van der Waals surface area contributed by atoms with Crippen LogP contribution in [0.1, 0.15) is 33.6 Å². The molecule has 40 heavy (non-hydrogen) atoms. The number of nitrogens with one attached hydrogen (secondary N) is 1. The Morgan fingerprint density at radius 1 is 0.800 bits per heavy atom. The molecule has 11 heteroatoms. The molecule has 9 nitrogen and oxygen atoms in total. The van der Waals surface area contributed by atoms with Crippen molar-refractivity contribution in [1.82, 2.24) is 15.3 Å². The van der Waals surface area contributed by atoms with E-state index in [1.54, 1.807) is 78.9 Å². The predicted molar refractivity (Wildman–Crippen MR) is 146 cm³/mol. The van der Waals surface area contributed by atoms with Gasteiger partial charge in [-0.05, 0) is 29.8 Å². The van der Waals surface area contributed by atoms with Gasteiger partial charge in [0.05, 0.1) is 31.9 Å². The summed E-state index contributed by atoms with van der Waals surface area (Å²) in [4.78, 5) is 53.9. The number of fused-ring (bicyclic) bond motifs is 1. The van der Waals surface area contributed by atoms with E-state index in [4.69, 9.17) is 32.7 Å². The summed E-state index contributed by atoms with van der Waals surface area (Å²) in [6, 6.07) is 19.0. The zero-order valence-electron chi connectivity index (χ0n) is 21.3. The van der Waals surface area contributed by atoms with Crippen molar-refractivity contribution in [3.8, 4) is 0 Å². The van der Waals surface area contributed by atoms with Gasteiger partial charge in [-0.25, -0.2) is 14.6 Å². The van der Waals surface area contributed by atoms with Crippen molar-refractivity contribution in [2.75, 3.05) is 14.2 Å². The number of hydrogen-bond acceptors (Lipinski definition) is 7. The summed E-state index contributed by atoms with van der Waals surface area (Å²) in [7, 11) is 2.29. The molecule has 3 atom stereocenters. The van der Waals surface area contributed by atoms with Gasteiger partial charge in [0.2, 0.25) is 0 Å². The molecule has 3 aromatic carbocycles. The van der Waals surface area contributed by atoms with Crippen LogP contribution in [0.3, 0.4) is 0 Å². The van der Waals surface area contributed by atoms with Crippen LogP contribution in [0.25, 0.3) is 0 Å². The summed E-state index contributed by atoms with van der Waals surface area (Å²) in [6.45, 7) is 0. The lowest BCUT2D eigenvalue weighted by atomic mass is 9.92. The molecule has 0 unspecified atom stereocenters. The van der Waals surface area contributed by atoms with Crippen molar-refractivity contribution in [1.29, 1.82) is 0 Å². The lowest BCUT2D eigenvalue weighted by Crippen LogP contribution is -2.44. The van der Waals surface area contributed by atoms with Crippen LogP contribution in [0.5, 0.6) is 0 Å². The highest BCUT2D eigenvalue weighted by atomic mass is 35.5. The van der Waals surface area contributed by atoms with Crippen molar-refractivity contribution >= 4 is 47.0 Å². The van der Waals surface area contributed by atoms with Crippen LogP contribution < -0.4 is 5.32 Å². The second kappa shape index (κ2) is 11.1. The molecule has 0 aromatic heterocycles. The lowest BCUT2D eigenvalue weighted by Gasteiger charge is -2.33. The number of amides is 2. The summed E-state index contributed by atoms with van der Waals surface area (Å²) in [5.74, 6) is -2.98. The number of nitrogens with zero attached hydrogens (tertiary/aromatic N) is 2. The first-order chi connectivity index (χ1) is 19.3. The average molecular weight is 580 g/mol. The third-order valence-electron chi connectivity index (χ3n) is 6.83. The molecule has 0 radical (unpaired) electrons. The van der Waals surface area contributed by atoms with Crippen molar-refractivity contribution < 1.29 is 28.7 Å². The molecule has 1 saturated heterocycles. The highest BCUT2D eigenvalue weighted by Crippen LogP contribution is 2.53. The van der Waals surface area contributed by atoms with Crippen molar-refractivity contribution in [2.24, 2.45) is 0 Å². The van der Waals surface area contributed by atoms with E-state index in [0.29, 0.717) is 11.1 Å². The summed E-state index contributed by atoms with van der Waals surface area (Å²) in [5, 5.41) is 5.81. The zero-order valence-corrected chi connectivity index (χ0v) is 22.8. The summed E-state index contributed by atoms with van der Waals surface area (Å²) in [5.41, 5.74) is 0.720. The first-order valence-corrected chi connectivity index (χ1v) is 12.9. The van der Waals surface area contributed by atoms with Gasteiger partial charge in [0.1, 0.15) is 6.04 Å². The van der Waals surface area contributed by atoms with Gasteiger partial charge in [-0.15, -0.1) is 0 Å². The minimum atomic E-state index is -1.17.